The maximum Gasteiger partial charge on any atom is 0.0652 e. The molecule has 0 aliphatic carbocycles. The van der Waals surface area contributed by atoms with Gasteiger partial charge < -0.3 is 10.2 Å². The zero-order chi connectivity index (χ0) is 13.8. The van der Waals surface area contributed by atoms with Gasteiger partial charge in [-0.05, 0) is 44.1 Å². The van der Waals surface area contributed by atoms with Crippen molar-refractivity contribution in [2.75, 3.05) is 26.2 Å². The predicted molar refractivity (Wildman–Crippen MR) is 83.4 cm³/mol. The van der Waals surface area contributed by atoms with Crippen LogP contribution in [-0.4, -0.2) is 31.1 Å². The van der Waals surface area contributed by atoms with E-state index in [4.69, 9.17) is 34.8 Å². The molecule has 1 fully saturated rings. The Morgan fingerprint density at radius 1 is 1.26 bits per heavy atom. The van der Waals surface area contributed by atoms with Gasteiger partial charge in [0.25, 0.3) is 0 Å². The molecule has 106 valence electrons. The number of benzene rings is 1. The van der Waals surface area contributed by atoms with E-state index in [1.807, 2.05) is 0 Å². The lowest BCUT2D eigenvalue weighted by Gasteiger charge is -2.15. The van der Waals surface area contributed by atoms with Crippen molar-refractivity contribution < 1.29 is 0 Å². The summed E-state index contributed by atoms with van der Waals surface area (Å²) in [4.78, 5) is 2.48. The van der Waals surface area contributed by atoms with Crippen LogP contribution < -0.4 is 5.32 Å². The molecule has 1 aliphatic rings. The van der Waals surface area contributed by atoms with Gasteiger partial charge in [-0.25, -0.2) is 0 Å². The highest BCUT2D eigenvalue weighted by atomic mass is 35.5. The lowest BCUT2D eigenvalue weighted by atomic mass is 10.1. The largest absolute Gasteiger partial charge is 0.312 e. The summed E-state index contributed by atoms with van der Waals surface area (Å²) in [6, 6.07) is 3.52. The Morgan fingerprint density at radius 3 is 2.68 bits per heavy atom. The van der Waals surface area contributed by atoms with E-state index in [-0.39, 0.29) is 0 Å². The second-order valence-electron chi connectivity index (χ2n) is 5.00. The quantitative estimate of drug-likeness (QED) is 0.822. The molecule has 1 N–H and O–H groups in total. The first-order chi connectivity index (χ1) is 9.11. The minimum absolute atomic E-state index is 0.556. The molecule has 1 heterocycles. The number of likely N-dealkylation sites (tertiary alicyclic amines) is 1. The lowest BCUT2D eigenvalue weighted by molar-refractivity contribution is 0.339. The number of halogens is 3. The summed E-state index contributed by atoms with van der Waals surface area (Å²) in [6.45, 7) is 7.41. The van der Waals surface area contributed by atoms with E-state index in [0.717, 1.165) is 24.6 Å². The van der Waals surface area contributed by atoms with Gasteiger partial charge in [0.15, 0.2) is 0 Å². The normalized spacial score (nSPS) is 20.1. The highest BCUT2D eigenvalue weighted by Gasteiger charge is 2.20. The third-order valence-corrected chi connectivity index (χ3v) is 4.89. The molecule has 1 atom stereocenters. The zero-order valence-electron chi connectivity index (χ0n) is 11.1. The molecule has 0 radical (unpaired) electrons. The summed E-state index contributed by atoms with van der Waals surface area (Å²) in [5.74, 6) is 0.719. The van der Waals surface area contributed by atoms with Crippen LogP contribution in [-0.2, 0) is 6.54 Å². The van der Waals surface area contributed by atoms with Crippen LogP contribution in [0.15, 0.2) is 12.1 Å². The average molecular weight is 322 g/mol. The molecule has 1 aromatic carbocycles. The van der Waals surface area contributed by atoms with E-state index in [2.05, 4.69) is 17.1 Å². The van der Waals surface area contributed by atoms with Crippen LogP contribution in [0.4, 0.5) is 0 Å². The Bertz CT molecular complexity index is 437. The number of hydrogen-bond acceptors (Lipinski definition) is 2. The SMILES string of the molecule is CCN1CCC(CNCc2c(Cl)ccc(Cl)c2Cl)C1. The van der Waals surface area contributed by atoms with Gasteiger partial charge in [0, 0.05) is 23.7 Å². The summed E-state index contributed by atoms with van der Waals surface area (Å²) < 4.78 is 0. The third kappa shape index (κ3) is 3.99. The maximum atomic E-state index is 6.17. The van der Waals surface area contributed by atoms with Crippen LogP contribution in [0.25, 0.3) is 0 Å². The van der Waals surface area contributed by atoms with Crippen molar-refractivity contribution in [3.63, 3.8) is 0 Å². The molecule has 2 rings (SSSR count). The molecule has 0 aromatic heterocycles. The lowest BCUT2D eigenvalue weighted by Crippen LogP contribution is -2.26. The highest BCUT2D eigenvalue weighted by Crippen LogP contribution is 2.31. The molecule has 1 aliphatic heterocycles. The highest BCUT2D eigenvalue weighted by molar-refractivity contribution is 6.44. The molecule has 0 saturated carbocycles. The number of rotatable bonds is 5. The van der Waals surface area contributed by atoms with Crippen molar-refractivity contribution in [1.82, 2.24) is 10.2 Å². The maximum absolute atomic E-state index is 6.17. The van der Waals surface area contributed by atoms with Crippen molar-refractivity contribution in [2.24, 2.45) is 5.92 Å². The van der Waals surface area contributed by atoms with Crippen molar-refractivity contribution in [2.45, 2.75) is 19.9 Å². The Morgan fingerprint density at radius 2 is 2.00 bits per heavy atom. The van der Waals surface area contributed by atoms with Crippen LogP contribution in [0.3, 0.4) is 0 Å². The molecule has 0 bridgehead atoms. The van der Waals surface area contributed by atoms with Crippen LogP contribution >= 0.6 is 34.8 Å². The van der Waals surface area contributed by atoms with Crippen LogP contribution in [0.2, 0.25) is 15.1 Å². The fourth-order valence-corrected chi connectivity index (χ4v) is 3.18. The Hall–Kier alpha value is 0.01000. The first-order valence-electron chi connectivity index (χ1n) is 6.67. The van der Waals surface area contributed by atoms with Crippen molar-refractivity contribution in [3.05, 3.63) is 32.8 Å². The smallest absolute Gasteiger partial charge is 0.0652 e. The number of nitrogens with one attached hydrogen (secondary N) is 1. The summed E-state index contributed by atoms with van der Waals surface area (Å²) in [7, 11) is 0. The first-order valence-corrected chi connectivity index (χ1v) is 7.80. The van der Waals surface area contributed by atoms with Crippen LogP contribution in [0.5, 0.6) is 0 Å². The first kappa shape index (κ1) is 15.4. The number of hydrogen-bond donors (Lipinski definition) is 1. The second kappa shape index (κ2) is 7.14. The van der Waals surface area contributed by atoms with E-state index in [1.54, 1.807) is 12.1 Å². The van der Waals surface area contributed by atoms with Gasteiger partial charge in [-0.2, -0.15) is 0 Å². The molecule has 2 nitrogen and oxygen atoms in total. The topological polar surface area (TPSA) is 15.3 Å². The van der Waals surface area contributed by atoms with Gasteiger partial charge in [0.2, 0.25) is 0 Å². The summed E-state index contributed by atoms with van der Waals surface area (Å²) in [5.41, 5.74) is 0.890. The molecule has 1 unspecified atom stereocenters. The van der Waals surface area contributed by atoms with Gasteiger partial charge in [-0.3, -0.25) is 0 Å². The molecule has 5 heteroatoms. The third-order valence-electron chi connectivity index (χ3n) is 3.69. The molecule has 1 aromatic rings. The fraction of sp³-hybridized carbons (Fsp3) is 0.571. The van der Waals surface area contributed by atoms with Gasteiger partial charge >= 0.3 is 0 Å². The van der Waals surface area contributed by atoms with Crippen molar-refractivity contribution >= 4 is 34.8 Å². The van der Waals surface area contributed by atoms with Gasteiger partial charge in [0.05, 0.1) is 10.0 Å². The average Bonchev–Trinajstić information content (AvgIpc) is 2.86. The van der Waals surface area contributed by atoms with Crippen LogP contribution in [0, 0.1) is 5.92 Å². The molecular formula is C14H19Cl3N2. The van der Waals surface area contributed by atoms with E-state index >= 15 is 0 Å². The van der Waals surface area contributed by atoms with E-state index in [0.29, 0.717) is 21.6 Å². The fourth-order valence-electron chi connectivity index (χ4n) is 2.50. The van der Waals surface area contributed by atoms with Gasteiger partial charge in [-0.1, -0.05) is 41.7 Å². The van der Waals surface area contributed by atoms with E-state index < -0.39 is 0 Å². The van der Waals surface area contributed by atoms with Crippen LogP contribution in [0.1, 0.15) is 18.9 Å². The molecule has 0 spiro atoms. The van der Waals surface area contributed by atoms with E-state index in [1.165, 1.54) is 19.5 Å². The zero-order valence-corrected chi connectivity index (χ0v) is 13.3. The minimum atomic E-state index is 0.556. The Kier molecular flexibility index (Phi) is 5.79. The Labute approximate surface area is 130 Å². The molecule has 19 heavy (non-hydrogen) atoms. The van der Waals surface area contributed by atoms with Crippen molar-refractivity contribution in [3.8, 4) is 0 Å². The van der Waals surface area contributed by atoms with Crippen molar-refractivity contribution in [1.29, 1.82) is 0 Å². The molecular weight excluding hydrogens is 303 g/mol. The second-order valence-corrected chi connectivity index (χ2v) is 6.19. The number of nitrogens with zero attached hydrogens (tertiary/aromatic N) is 1. The Balaban J connectivity index is 1.85. The molecule has 0 amide bonds. The standard InChI is InChI=1S/C14H19Cl3N2/c1-2-19-6-5-10(9-19)7-18-8-11-12(15)3-4-13(16)14(11)17/h3-4,10,18H,2,5-9H2,1H3. The van der Waals surface area contributed by atoms with Gasteiger partial charge in [-0.15, -0.1) is 0 Å². The summed E-state index contributed by atoms with van der Waals surface area (Å²) >= 11 is 18.3. The van der Waals surface area contributed by atoms with E-state index in [9.17, 15) is 0 Å². The predicted octanol–water partition coefficient (Wildman–Crippen LogP) is 4.08. The summed E-state index contributed by atoms with van der Waals surface area (Å²) in [6.07, 6.45) is 1.26. The molecule has 1 saturated heterocycles. The van der Waals surface area contributed by atoms with Gasteiger partial charge in [0.1, 0.15) is 0 Å². The monoisotopic (exact) mass is 320 g/mol. The minimum Gasteiger partial charge on any atom is -0.312 e. The summed E-state index contributed by atoms with van der Waals surface area (Å²) in [5, 5.41) is 5.23.